The molecular weight excluding hydrogens is 224 g/mol. The molecular formula is C15H20N2O. The molecule has 1 aromatic carbocycles. The maximum Gasteiger partial charge on any atom is 0.0991 e. The van der Waals surface area contributed by atoms with Gasteiger partial charge < -0.3 is 10.4 Å². The van der Waals surface area contributed by atoms with Gasteiger partial charge >= 0.3 is 0 Å². The van der Waals surface area contributed by atoms with Gasteiger partial charge in [-0.1, -0.05) is 18.6 Å². The Labute approximate surface area is 108 Å². The third-order valence-electron chi connectivity index (χ3n) is 3.69. The standard InChI is InChI=1S/C15H20N2O/c16-9-12-3-1-4-13(7-12)10-17-15-6-2-5-14(8-15)11-18/h1,3-4,7,14-15,17-18H,2,5-6,8,10-11H2. The Morgan fingerprint density at radius 1 is 1.39 bits per heavy atom. The molecule has 18 heavy (non-hydrogen) atoms. The number of aliphatic hydroxyl groups excluding tert-OH is 1. The first kappa shape index (κ1) is 13.1. The summed E-state index contributed by atoms with van der Waals surface area (Å²) in [6.45, 7) is 1.11. The molecule has 1 aliphatic rings. The summed E-state index contributed by atoms with van der Waals surface area (Å²) in [6.07, 6.45) is 4.60. The van der Waals surface area contributed by atoms with Crippen LogP contribution in [0.5, 0.6) is 0 Å². The molecule has 2 N–H and O–H groups in total. The average Bonchev–Trinajstić information content (AvgIpc) is 2.45. The lowest BCUT2D eigenvalue weighted by atomic mass is 9.86. The summed E-state index contributed by atoms with van der Waals surface area (Å²) in [4.78, 5) is 0. The highest BCUT2D eigenvalue weighted by Crippen LogP contribution is 2.23. The Hall–Kier alpha value is -1.37. The minimum Gasteiger partial charge on any atom is -0.396 e. The molecule has 1 fully saturated rings. The largest absolute Gasteiger partial charge is 0.396 e. The van der Waals surface area contributed by atoms with E-state index in [-0.39, 0.29) is 0 Å². The normalized spacial score (nSPS) is 23.6. The minimum atomic E-state index is 0.308. The summed E-state index contributed by atoms with van der Waals surface area (Å²) in [5.41, 5.74) is 1.87. The van der Waals surface area contributed by atoms with Crippen LogP contribution in [0.1, 0.15) is 36.8 Å². The fraction of sp³-hybridized carbons (Fsp3) is 0.533. The summed E-state index contributed by atoms with van der Waals surface area (Å²) in [5, 5.41) is 21.6. The first-order valence-electron chi connectivity index (χ1n) is 6.65. The van der Waals surface area contributed by atoms with Gasteiger partial charge in [-0.25, -0.2) is 0 Å². The molecule has 0 aliphatic heterocycles. The lowest BCUT2D eigenvalue weighted by Crippen LogP contribution is -2.34. The van der Waals surface area contributed by atoms with E-state index in [4.69, 9.17) is 5.26 Å². The minimum absolute atomic E-state index is 0.308. The zero-order valence-corrected chi connectivity index (χ0v) is 10.6. The Bertz CT molecular complexity index is 425. The molecule has 0 saturated heterocycles. The first-order valence-corrected chi connectivity index (χ1v) is 6.65. The van der Waals surface area contributed by atoms with Crippen LogP contribution in [-0.2, 0) is 6.54 Å². The second-order valence-electron chi connectivity index (χ2n) is 5.11. The van der Waals surface area contributed by atoms with Crippen LogP contribution in [0, 0.1) is 17.2 Å². The fourth-order valence-corrected chi connectivity index (χ4v) is 2.66. The van der Waals surface area contributed by atoms with Crippen LogP contribution in [-0.4, -0.2) is 17.8 Å². The van der Waals surface area contributed by atoms with Crippen LogP contribution in [0.2, 0.25) is 0 Å². The van der Waals surface area contributed by atoms with E-state index >= 15 is 0 Å². The van der Waals surface area contributed by atoms with Crippen molar-refractivity contribution in [1.29, 1.82) is 5.26 Å². The molecule has 0 radical (unpaired) electrons. The second kappa shape index (κ2) is 6.53. The van der Waals surface area contributed by atoms with Gasteiger partial charge in [0, 0.05) is 19.2 Å². The Kier molecular flexibility index (Phi) is 4.74. The topological polar surface area (TPSA) is 56.0 Å². The van der Waals surface area contributed by atoms with Gasteiger partial charge in [0.25, 0.3) is 0 Å². The number of rotatable bonds is 4. The van der Waals surface area contributed by atoms with Crippen LogP contribution in [0.25, 0.3) is 0 Å². The molecule has 2 rings (SSSR count). The van der Waals surface area contributed by atoms with Crippen molar-refractivity contribution in [2.45, 2.75) is 38.3 Å². The van der Waals surface area contributed by atoms with E-state index in [9.17, 15) is 5.11 Å². The van der Waals surface area contributed by atoms with E-state index in [0.717, 1.165) is 24.9 Å². The quantitative estimate of drug-likeness (QED) is 0.853. The zero-order valence-electron chi connectivity index (χ0n) is 10.6. The number of nitriles is 1. The van der Waals surface area contributed by atoms with Crippen LogP contribution in [0.4, 0.5) is 0 Å². The van der Waals surface area contributed by atoms with Crippen molar-refractivity contribution in [3.63, 3.8) is 0 Å². The maximum absolute atomic E-state index is 9.20. The third-order valence-corrected chi connectivity index (χ3v) is 3.69. The van der Waals surface area contributed by atoms with Gasteiger partial charge in [-0.15, -0.1) is 0 Å². The number of nitrogens with zero attached hydrogens (tertiary/aromatic N) is 1. The molecule has 1 saturated carbocycles. The van der Waals surface area contributed by atoms with Crippen molar-refractivity contribution in [2.75, 3.05) is 6.61 Å². The molecule has 3 heteroatoms. The van der Waals surface area contributed by atoms with Gasteiger partial charge in [0.2, 0.25) is 0 Å². The molecule has 0 aromatic heterocycles. The molecule has 1 aromatic rings. The van der Waals surface area contributed by atoms with Crippen LogP contribution in [0.3, 0.4) is 0 Å². The smallest absolute Gasteiger partial charge is 0.0991 e. The number of benzene rings is 1. The van der Waals surface area contributed by atoms with E-state index in [1.165, 1.54) is 12.8 Å². The van der Waals surface area contributed by atoms with Gasteiger partial charge in [-0.05, 0) is 42.9 Å². The van der Waals surface area contributed by atoms with E-state index in [1.54, 1.807) is 0 Å². The summed E-state index contributed by atoms with van der Waals surface area (Å²) >= 11 is 0. The van der Waals surface area contributed by atoms with E-state index in [2.05, 4.69) is 11.4 Å². The van der Waals surface area contributed by atoms with Crippen molar-refractivity contribution < 1.29 is 5.11 Å². The molecule has 0 heterocycles. The molecule has 0 bridgehead atoms. The molecule has 2 unspecified atom stereocenters. The van der Waals surface area contributed by atoms with Gasteiger partial charge in [0.1, 0.15) is 0 Å². The van der Waals surface area contributed by atoms with E-state index < -0.39 is 0 Å². The summed E-state index contributed by atoms with van der Waals surface area (Å²) in [6, 6.07) is 10.4. The number of nitrogens with one attached hydrogen (secondary N) is 1. The van der Waals surface area contributed by atoms with Gasteiger partial charge in [-0.3, -0.25) is 0 Å². The van der Waals surface area contributed by atoms with Crippen molar-refractivity contribution in [1.82, 2.24) is 5.32 Å². The Morgan fingerprint density at radius 3 is 3.06 bits per heavy atom. The number of hydrogen-bond donors (Lipinski definition) is 2. The fourth-order valence-electron chi connectivity index (χ4n) is 2.66. The predicted molar refractivity (Wildman–Crippen MR) is 70.8 cm³/mol. The van der Waals surface area contributed by atoms with E-state index in [0.29, 0.717) is 24.1 Å². The van der Waals surface area contributed by atoms with Crippen LogP contribution >= 0.6 is 0 Å². The summed E-state index contributed by atoms with van der Waals surface area (Å²) in [5.74, 6) is 0.460. The van der Waals surface area contributed by atoms with Crippen molar-refractivity contribution in [3.05, 3.63) is 35.4 Å². The van der Waals surface area contributed by atoms with Crippen molar-refractivity contribution in [3.8, 4) is 6.07 Å². The van der Waals surface area contributed by atoms with Gasteiger partial charge in [0.05, 0.1) is 11.6 Å². The van der Waals surface area contributed by atoms with Crippen molar-refractivity contribution >= 4 is 0 Å². The summed E-state index contributed by atoms with van der Waals surface area (Å²) in [7, 11) is 0. The first-order chi connectivity index (χ1) is 8.81. The summed E-state index contributed by atoms with van der Waals surface area (Å²) < 4.78 is 0. The predicted octanol–water partition coefficient (Wildman–Crippen LogP) is 2.20. The Balaban J connectivity index is 1.85. The highest BCUT2D eigenvalue weighted by atomic mass is 16.3. The lowest BCUT2D eigenvalue weighted by molar-refractivity contribution is 0.170. The van der Waals surface area contributed by atoms with Gasteiger partial charge in [0.15, 0.2) is 0 Å². The van der Waals surface area contributed by atoms with Crippen LogP contribution < -0.4 is 5.32 Å². The van der Waals surface area contributed by atoms with E-state index in [1.807, 2.05) is 24.3 Å². The zero-order chi connectivity index (χ0) is 12.8. The highest BCUT2D eigenvalue weighted by molar-refractivity contribution is 5.32. The molecule has 2 atom stereocenters. The SMILES string of the molecule is N#Cc1cccc(CNC2CCCC(CO)C2)c1. The molecule has 3 nitrogen and oxygen atoms in total. The Morgan fingerprint density at radius 2 is 2.28 bits per heavy atom. The lowest BCUT2D eigenvalue weighted by Gasteiger charge is -2.28. The number of hydrogen-bond acceptors (Lipinski definition) is 3. The second-order valence-corrected chi connectivity index (χ2v) is 5.11. The maximum atomic E-state index is 9.20. The highest BCUT2D eigenvalue weighted by Gasteiger charge is 2.20. The van der Waals surface area contributed by atoms with Crippen molar-refractivity contribution in [2.24, 2.45) is 5.92 Å². The monoisotopic (exact) mass is 244 g/mol. The molecule has 96 valence electrons. The van der Waals surface area contributed by atoms with Gasteiger partial charge in [-0.2, -0.15) is 5.26 Å². The molecule has 1 aliphatic carbocycles. The third kappa shape index (κ3) is 3.56. The van der Waals surface area contributed by atoms with Crippen LogP contribution in [0.15, 0.2) is 24.3 Å². The molecule has 0 spiro atoms. The average molecular weight is 244 g/mol. The number of aliphatic hydroxyl groups is 1. The molecule has 0 amide bonds.